The van der Waals surface area contributed by atoms with Gasteiger partial charge < -0.3 is 4.74 Å². The Balaban J connectivity index is 2.05. The van der Waals surface area contributed by atoms with Gasteiger partial charge in [0.1, 0.15) is 11.6 Å². The molecular weight excluding hydrogens is 262 g/mol. The van der Waals surface area contributed by atoms with Gasteiger partial charge in [-0.15, -0.1) is 0 Å². The summed E-state index contributed by atoms with van der Waals surface area (Å²) >= 11 is 0. The summed E-state index contributed by atoms with van der Waals surface area (Å²) in [6, 6.07) is 6.45. The molecule has 0 radical (unpaired) electrons. The molecule has 1 saturated heterocycles. The van der Waals surface area contributed by atoms with Crippen LogP contribution in [0.15, 0.2) is 18.2 Å². The van der Waals surface area contributed by atoms with Crippen LogP contribution < -0.4 is 0 Å². The number of carbonyl (C=O) groups excluding carboxylic acids is 1. The molecule has 3 nitrogen and oxygen atoms in total. The maximum atomic E-state index is 12.3. The zero-order chi connectivity index (χ0) is 15.6. The second-order valence-electron chi connectivity index (χ2n) is 7.08. The second-order valence-corrected chi connectivity index (χ2v) is 7.08. The summed E-state index contributed by atoms with van der Waals surface area (Å²) in [7, 11) is 0. The molecular formula is C18H27NO2. The van der Waals surface area contributed by atoms with Crippen LogP contribution in [0, 0.1) is 13.8 Å². The van der Waals surface area contributed by atoms with Gasteiger partial charge in [-0.3, -0.25) is 9.69 Å². The van der Waals surface area contributed by atoms with Gasteiger partial charge in [-0.2, -0.15) is 0 Å². The van der Waals surface area contributed by atoms with E-state index in [0.717, 1.165) is 25.9 Å². The topological polar surface area (TPSA) is 29.5 Å². The van der Waals surface area contributed by atoms with Gasteiger partial charge in [-0.1, -0.05) is 18.2 Å². The standard InChI is InChI=1S/C18H27NO2/c1-13-8-9-15(11-14(13)2)12-19-10-6-7-16(19)17(20)21-18(3,4)5/h8-9,11,16H,6-7,10,12H2,1-5H3/t16-/m0/s1. The highest BCUT2D eigenvalue weighted by Gasteiger charge is 2.33. The van der Waals surface area contributed by atoms with Gasteiger partial charge in [0.05, 0.1) is 0 Å². The molecule has 0 unspecified atom stereocenters. The average Bonchev–Trinajstić information content (AvgIpc) is 2.80. The van der Waals surface area contributed by atoms with Crippen LogP contribution in [0.4, 0.5) is 0 Å². The van der Waals surface area contributed by atoms with Crippen molar-refractivity contribution in [3.8, 4) is 0 Å². The molecule has 21 heavy (non-hydrogen) atoms. The first-order valence-corrected chi connectivity index (χ1v) is 7.79. The first kappa shape index (κ1) is 16.0. The zero-order valence-electron chi connectivity index (χ0n) is 13.9. The Labute approximate surface area is 128 Å². The van der Waals surface area contributed by atoms with Crippen LogP contribution >= 0.6 is 0 Å². The molecule has 3 heteroatoms. The lowest BCUT2D eigenvalue weighted by Gasteiger charge is -2.27. The van der Waals surface area contributed by atoms with E-state index in [1.165, 1.54) is 16.7 Å². The third-order valence-electron chi connectivity index (χ3n) is 4.00. The molecule has 1 aliphatic rings. The highest BCUT2D eigenvalue weighted by Crippen LogP contribution is 2.23. The lowest BCUT2D eigenvalue weighted by Crippen LogP contribution is -2.40. The Hall–Kier alpha value is -1.35. The third-order valence-corrected chi connectivity index (χ3v) is 4.00. The molecule has 0 bridgehead atoms. The Morgan fingerprint density at radius 2 is 2.00 bits per heavy atom. The van der Waals surface area contributed by atoms with Crippen molar-refractivity contribution < 1.29 is 9.53 Å². The van der Waals surface area contributed by atoms with Crippen molar-refractivity contribution in [2.24, 2.45) is 0 Å². The summed E-state index contributed by atoms with van der Waals surface area (Å²) in [5.41, 5.74) is 3.48. The van der Waals surface area contributed by atoms with Crippen molar-refractivity contribution in [1.82, 2.24) is 4.90 Å². The van der Waals surface area contributed by atoms with Crippen molar-refractivity contribution >= 4 is 5.97 Å². The Bertz CT molecular complexity index is 516. The monoisotopic (exact) mass is 289 g/mol. The van der Waals surface area contributed by atoms with E-state index >= 15 is 0 Å². The molecule has 0 amide bonds. The Morgan fingerprint density at radius 3 is 2.62 bits per heavy atom. The maximum absolute atomic E-state index is 12.3. The number of carbonyl (C=O) groups is 1. The van der Waals surface area contributed by atoms with Crippen molar-refractivity contribution in [1.29, 1.82) is 0 Å². The number of aryl methyl sites for hydroxylation is 2. The average molecular weight is 289 g/mol. The summed E-state index contributed by atoms with van der Waals surface area (Å²) in [4.78, 5) is 14.6. The van der Waals surface area contributed by atoms with Crippen LogP contribution in [0.25, 0.3) is 0 Å². The lowest BCUT2D eigenvalue weighted by atomic mass is 10.1. The molecule has 1 atom stereocenters. The fourth-order valence-electron chi connectivity index (χ4n) is 2.79. The molecule has 0 aromatic heterocycles. The SMILES string of the molecule is Cc1ccc(CN2CCC[C@H]2C(=O)OC(C)(C)C)cc1C. The molecule has 116 valence electrons. The van der Waals surface area contributed by atoms with Crippen LogP contribution in [-0.4, -0.2) is 29.1 Å². The minimum Gasteiger partial charge on any atom is -0.459 e. The molecule has 1 aliphatic heterocycles. The van der Waals surface area contributed by atoms with Crippen LogP contribution in [0.3, 0.4) is 0 Å². The number of hydrogen-bond acceptors (Lipinski definition) is 3. The van der Waals surface area contributed by atoms with E-state index in [0.29, 0.717) is 0 Å². The van der Waals surface area contributed by atoms with Crippen molar-refractivity contribution in [2.45, 2.75) is 65.6 Å². The summed E-state index contributed by atoms with van der Waals surface area (Å²) < 4.78 is 5.55. The van der Waals surface area contributed by atoms with Gasteiger partial charge >= 0.3 is 5.97 Å². The van der Waals surface area contributed by atoms with Gasteiger partial charge in [0.25, 0.3) is 0 Å². The number of benzene rings is 1. The number of rotatable bonds is 3. The van der Waals surface area contributed by atoms with E-state index in [-0.39, 0.29) is 12.0 Å². The Morgan fingerprint density at radius 1 is 1.29 bits per heavy atom. The first-order chi connectivity index (χ1) is 9.76. The highest BCUT2D eigenvalue weighted by atomic mass is 16.6. The normalized spacial score (nSPS) is 19.8. The van der Waals surface area contributed by atoms with Gasteiger partial charge in [0, 0.05) is 6.54 Å². The largest absolute Gasteiger partial charge is 0.459 e. The van der Waals surface area contributed by atoms with E-state index < -0.39 is 5.60 Å². The molecule has 0 saturated carbocycles. The van der Waals surface area contributed by atoms with Gasteiger partial charge in [-0.25, -0.2) is 0 Å². The number of nitrogens with zero attached hydrogens (tertiary/aromatic N) is 1. The van der Waals surface area contributed by atoms with Crippen molar-refractivity contribution in [2.75, 3.05) is 6.54 Å². The van der Waals surface area contributed by atoms with Gasteiger partial charge in [0.2, 0.25) is 0 Å². The van der Waals surface area contributed by atoms with Crippen molar-refractivity contribution in [3.63, 3.8) is 0 Å². The third kappa shape index (κ3) is 4.31. The van der Waals surface area contributed by atoms with E-state index in [1.54, 1.807) is 0 Å². The molecule has 1 aromatic carbocycles. The zero-order valence-corrected chi connectivity index (χ0v) is 13.9. The number of ether oxygens (including phenoxy) is 1. The van der Waals surface area contributed by atoms with Crippen molar-refractivity contribution in [3.05, 3.63) is 34.9 Å². The molecule has 0 spiro atoms. The molecule has 0 N–H and O–H groups in total. The van der Waals surface area contributed by atoms with Crippen LogP contribution in [-0.2, 0) is 16.1 Å². The predicted octanol–water partition coefficient (Wildman–Crippen LogP) is 3.61. The number of hydrogen-bond donors (Lipinski definition) is 0. The van der Waals surface area contributed by atoms with E-state index in [2.05, 4.69) is 36.9 Å². The van der Waals surface area contributed by atoms with Crippen LogP contribution in [0.5, 0.6) is 0 Å². The predicted molar refractivity (Wildman–Crippen MR) is 85.2 cm³/mol. The minimum absolute atomic E-state index is 0.0798. The summed E-state index contributed by atoms with van der Waals surface area (Å²) in [6.45, 7) is 11.8. The molecule has 1 fully saturated rings. The molecule has 2 rings (SSSR count). The van der Waals surface area contributed by atoms with Gasteiger partial charge in [-0.05, 0) is 70.7 Å². The number of likely N-dealkylation sites (tertiary alicyclic amines) is 1. The summed E-state index contributed by atoms with van der Waals surface area (Å²) in [5.74, 6) is -0.0798. The number of esters is 1. The second kappa shape index (κ2) is 6.18. The lowest BCUT2D eigenvalue weighted by molar-refractivity contribution is -0.160. The van der Waals surface area contributed by atoms with E-state index in [9.17, 15) is 4.79 Å². The smallest absolute Gasteiger partial charge is 0.323 e. The first-order valence-electron chi connectivity index (χ1n) is 7.79. The molecule has 1 heterocycles. The van der Waals surface area contributed by atoms with E-state index in [4.69, 9.17) is 4.74 Å². The molecule has 1 aromatic rings. The fraction of sp³-hybridized carbons (Fsp3) is 0.611. The highest BCUT2D eigenvalue weighted by molar-refractivity contribution is 5.76. The fourth-order valence-corrected chi connectivity index (χ4v) is 2.79. The molecule has 0 aliphatic carbocycles. The Kier molecular flexibility index (Phi) is 4.72. The minimum atomic E-state index is -0.411. The van der Waals surface area contributed by atoms with Crippen LogP contribution in [0.1, 0.15) is 50.3 Å². The summed E-state index contributed by atoms with van der Waals surface area (Å²) in [6.07, 6.45) is 1.97. The van der Waals surface area contributed by atoms with Gasteiger partial charge in [0.15, 0.2) is 0 Å². The maximum Gasteiger partial charge on any atom is 0.323 e. The summed E-state index contributed by atoms with van der Waals surface area (Å²) in [5, 5.41) is 0. The van der Waals surface area contributed by atoms with E-state index in [1.807, 2.05) is 20.8 Å². The quantitative estimate of drug-likeness (QED) is 0.796. The van der Waals surface area contributed by atoms with Crippen LogP contribution in [0.2, 0.25) is 0 Å².